The fraction of sp³-hybridized carbons (Fsp3) is 0.0625. The summed E-state index contributed by atoms with van der Waals surface area (Å²) >= 11 is 1.54. The summed E-state index contributed by atoms with van der Waals surface area (Å²) in [5.41, 5.74) is 3.78. The number of hydrogen-bond acceptors (Lipinski definition) is 5. The topological polar surface area (TPSA) is 92.7 Å². The number of aromatic nitrogens is 4. The standard InChI is InChI=1S/C32H25N5O2S/c38-30(19-25(22-11-4-1-5-12-22)23-13-6-2-7-14-23)34-29-20-27(28-17-10-18-40-28)36-37(29)32-33-26(21-31(39)35-32)24-15-8-3-9-16-24/h1-18,20-21,25H,19H2,(H,34,38)(H,33,35,39). The minimum atomic E-state index is -0.317. The van der Waals surface area contributed by atoms with Crippen LogP contribution in [0.5, 0.6) is 0 Å². The van der Waals surface area contributed by atoms with Crippen LogP contribution in [0.15, 0.2) is 125 Å². The number of aromatic amines is 1. The summed E-state index contributed by atoms with van der Waals surface area (Å²) in [6.45, 7) is 0. The SMILES string of the molecule is O=C(CC(c1ccccc1)c1ccccc1)Nc1cc(-c2cccs2)nn1-c1nc(-c2ccccc2)cc(=O)[nH]1. The van der Waals surface area contributed by atoms with E-state index in [1.54, 1.807) is 6.07 Å². The molecule has 0 aliphatic heterocycles. The normalized spacial score (nSPS) is 11.0. The summed E-state index contributed by atoms with van der Waals surface area (Å²) in [4.78, 5) is 34.6. The highest BCUT2D eigenvalue weighted by Gasteiger charge is 2.21. The number of hydrogen-bond donors (Lipinski definition) is 2. The van der Waals surface area contributed by atoms with Crippen LogP contribution < -0.4 is 10.9 Å². The maximum absolute atomic E-state index is 13.6. The Bertz CT molecular complexity index is 1740. The molecule has 8 heteroatoms. The van der Waals surface area contributed by atoms with Crippen molar-refractivity contribution < 1.29 is 4.79 Å². The van der Waals surface area contributed by atoms with Crippen molar-refractivity contribution in [3.05, 3.63) is 142 Å². The van der Waals surface area contributed by atoms with Crippen LogP contribution in [0.1, 0.15) is 23.5 Å². The largest absolute Gasteiger partial charge is 0.310 e. The van der Waals surface area contributed by atoms with Gasteiger partial charge >= 0.3 is 0 Å². The number of nitrogens with one attached hydrogen (secondary N) is 2. The second-order valence-corrected chi connectivity index (χ2v) is 10.2. The van der Waals surface area contributed by atoms with Crippen molar-refractivity contribution in [2.24, 2.45) is 0 Å². The van der Waals surface area contributed by atoms with Crippen molar-refractivity contribution >= 4 is 23.1 Å². The molecule has 3 heterocycles. The predicted octanol–water partition coefficient (Wildman–Crippen LogP) is 6.51. The van der Waals surface area contributed by atoms with Crippen molar-refractivity contribution in [2.45, 2.75) is 12.3 Å². The van der Waals surface area contributed by atoms with Crippen LogP contribution in [0, 0.1) is 0 Å². The van der Waals surface area contributed by atoms with Crippen molar-refractivity contribution in [1.29, 1.82) is 0 Å². The van der Waals surface area contributed by atoms with Crippen molar-refractivity contribution in [1.82, 2.24) is 19.7 Å². The first kappa shape index (κ1) is 25.2. The molecule has 2 N–H and O–H groups in total. The molecule has 0 saturated carbocycles. The summed E-state index contributed by atoms with van der Waals surface area (Å²) < 4.78 is 1.49. The van der Waals surface area contributed by atoms with Crippen LogP contribution in [-0.2, 0) is 4.79 Å². The molecule has 0 aliphatic carbocycles. The van der Waals surface area contributed by atoms with Crippen LogP contribution in [0.2, 0.25) is 0 Å². The number of H-pyrrole nitrogens is 1. The molecular formula is C32H25N5O2S. The highest BCUT2D eigenvalue weighted by atomic mass is 32.1. The van der Waals surface area contributed by atoms with Gasteiger partial charge in [0, 0.05) is 30.0 Å². The van der Waals surface area contributed by atoms with Crippen LogP contribution in [0.4, 0.5) is 5.82 Å². The van der Waals surface area contributed by atoms with Crippen molar-refractivity contribution in [2.75, 3.05) is 5.32 Å². The Morgan fingerprint density at radius 1 is 0.825 bits per heavy atom. The highest BCUT2D eigenvalue weighted by molar-refractivity contribution is 7.13. The number of thiophene rings is 1. The third-order valence-corrected chi connectivity index (χ3v) is 7.44. The van der Waals surface area contributed by atoms with E-state index in [-0.39, 0.29) is 29.8 Å². The molecule has 0 spiro atoms. The number of carbonyl (C=O) groups excluding carboxylic acids is 1. The molecule has 3 aromatic heterocycles. The van der Waals surface area contributed by atoms with E-state index in [0.29, 0.717) is 17.2 Å². The first-order valence-corrected chi connectivity index (χ1v) is 13.7. The molecule has 0 aliphatic rings. The van der Waals surface area contributed by atoms with E-state index in [1.807, 2.05) is 109 Å². The van der Waals surface area contributed by atoms with Gasteiger partial charge in [0.1, 0.15) is 11.5 Å². The van der Waals surface area contributed by atoms with E-state index < -0.39 is 0 Å². The first-order chi connectivity index (χ1) is 19.6. The fourth-order valence-electron chi connectivity index (χ4n) is 4.66. The molecule has 0 saturated heterocycles. The molecule has 6 rings (SSSR count). The van der Waals surface area contributed by atoms with Gasteiger partial charge in [0.15, 0.2) is 0 Å². The summed E-state index contributed by atoms with van der Waals surface area (Å²) in [6, 6.07) is 36.6. The van der Waals surface area contributed by atoms with Crippen LogP contribution >= 0.6 is 11.3 Å². The summed E-state index contributed by atoms with van der Waals surface area (Å²) in [6.07, 6.45) is 0.224. The van der Waals surface area contributed by atoms with Gasteiger partial charge in [0.25, 0.3) is 5.56 Å². The number of nitrogens with zero attached hydrogens (tertiary/aromatic N) is 3. The van der Waals surface area contributed by atoms with Crippen molar-refractivity contribution in [3.8, 4) is 27.8 Å². The predicted molar refractivity (Wildman–Crippen MR) is 159 cm³/mol. The lowest BCUT2D eigenvalue weighted by atomic mass is 9.88. The van der Waals surface area contributed by atoms with Gasteiger partial charge in [0.05, 0.1) is 10.6 Å². The third-order valence-electron chi connectivity index (χ3n) is 6.54. The van der Waals surface area contributed by atoms with E-state index in [1.165, 1.54) is 22.1 Å². The fourth-order valence-corrected chi connectivity index (χ4v) is 5.34. The molecule has 6 aromatic rings. The molecule has 3 aromatic carbocycles. The zero-order chi connectivity index (χ0) is 27.3. The van der Waals surface area contributed by atoms with E-state index in [9.17, 15) is 9.59 Å². The van der Waals surface area contributed by atoms with Gasteiger partial charge in [-0.05, 0) is 22.6 Å². The second-order valence-electron chi connectivity index (χ2n) is 9.25. The van der Waals surface area contributed by atoms with Gasteiger partial charge in [-0.25, -0.2) is 4.98 Å². The maximum atomic E-state index is 13.6. The van der Waals surface area contributed by atoms with Gasteiger partial charge in [0.2, 0.25) is 11.9 Å². The lowest BCUT2D eigenvalue weighted by Crippen LogP contribution is -2.20. The molecule has 0 atom stereocenters. The minimum absolute atomic E-state index is 0.130. The summed E-state index contributed by atoms with van der Waals surface area (Å²) in [7, 11) is 0. The first-order valence-electron chi connectivity index (χ1n) is 12.8. The molecule has 1 amide bonds. The molecular weight excluding hydrogens is 518 g/mol. The molecule has 7 nitrogen and oxygen atoms in total. The highest BCUT2D eigenvalue weighted by Crippen LogP contribution is 2.30. The van der Waals surface area contributed by atoms with Gasteiger partial charge < -0.3 is 5.32 Å². The zero-order valence-corrected chi connectivity index (χ0v) is 22.2. The number of rotatable bonds is 8. The van der Waals surface area contributed by atoms with E-state index in [2.05, 4.69) is 15.3 Å². The Labute approximate surface area is 234 Å². The minimum Gasteiger partial charge on any atom is -0.310 e. The molecule has 0 unspecified atom stereocenters. The Kier molecular flexibility index (Phi) is 7.15. The third kappa shape index (κ3) is 5.52. The number of anilines is 1. The number of amides is 1. The van der Waals surface area contributed by atoms with Crippen LogP contribution in [0.25, 0.3) is 27.8 Å². The average Bonchev–Trinajstić information content (AvgIpc) is 3.68. The Balaban J connectivity index is 1.37. The molecule has 0 bridgehead atoms. The van der Waals surface area contributed by atoms with Crippen molar-refractivity contribution in [3.63, 3.8) is 0 Å². The van der Waals surface area contributed by atoms with Gasteiger partial charge in [-0.2, -0.15) is 9.78 Å². The Hall–Kier alpha value is -5.08. The average molecular weight is 544 g/mol. The maximum Gasteiger partial charge on any atom is 0.252 e. The summed E-state index contributed by atoms with van der Waals surface area (Å²) in [5, 5.41) is 9.74. The number of benzene rings is 3. The van der Waals surface area contributed by atoms with Crippen LogP contribution in [0.3, 0.4) is 0 Å². The Morgan fingerprint density at radius 2 is 1.48 bits per heavy atom. The Morgan fingerprint density at radius 3 is 2.10 bits per heavy atom. The monoisotopic (exact) mass is 543 g/mol. The van der Waals surface area contributed by atoms with Gasteiger partial charge in [-0.3, -0.25) is 14.6 Å². The second kappa shape index (κ2) is 11.3. The van der Waals surface area contributed by atoms with E-state index in [0.717, 1.165) is 21.6 Å². The smallest absolute Gasteiger partial charge is 0.252 e. The van der Waals surface area contributed by atoms with Gasteiger partial charge in [-0.15, -0.1) is 11.3 Å². The quantitative estimate of drug-likeness (QED) is 0.229. The summed E-state index contributed by atoms with van der Waals surface area (Å²) in [5.74, 6) is 0.321. The molecule has 196 valence electrons. The van der Waals surface area contributed by atoms with E-state index >= 15 is 0 Å². The lowest BCUT2D eigenvalue weighted by Gasteiger charge is -2.18. The number of carbonyl (C=O) groups is 1. The molecule has 0 fully saturated rings. The van der Waals surface area contributed by atoms with Crippen LogP contribution in [-0.4, -0.2) is 25.7 Å². The lowest BCUT2D eigenvalue weighted by molar-refractivity contribution is -0.116. The molecule has 40 heavy (non-hydrogen) atoms. The van der Waals surface area contributed by atoms with Gasteiger partial charge in [-0.1, -0.05) is 97.1 Å². The zero-order valence-electron chi connectivity index (χ0n) is 21.4. The van der Waals surface area contributed by atoms with E-state index in [4.69, 9.17) is 5.10 Å². The molecule has 0 radical (unpaired) electrons.